The molecule has 1 aliphatic heterocycles. The van der Waals surface area contributed by atoms with Gasteiger partial charge in [0.05, 0.1) is 29.6 Å². The first-order valence-electron chi connectivity index (χ1n) is 11.9. The van der Waals surface area contributed by atoms with E-state index in [9.17, 15) is 28.4 Å². The molecule has 0 bridgehead atoms. The van der Waals surface area contributed by atoms with E-state index in [1.807, 2.05) is 0 Å². The number of nitrogens with one attached hydrogen (secondary N) is 1. The van der Waals surface area contributed by atoms with Gasteiger partial charge in [0.25, 0.3) is 5.91 Å². The first-order chi connectivity index (χ1) is 18.0. The molecule has 1 atom stereocenters. The third-order valence-electron chi connectivity index (χ3n) is 6.70. The van der Waals surface area contributed by atoms with E-state index in [1.165, 1.54) is 4.90 Å². The minimum atomic E-state index is -1.18. The van der Waals surface area contributed by atoms with Crippen LogP contribution in [-0.4, -0.2) is 52.8 Å². The van der Waals surface area contributed by atoms with Crippen molar-refractivity contribution in [1.82, 2.24) is 14.9 Å². The normalized spacial score (nSPS) is 17.9. The zero-order valence-electron chi connectivity index (χ0n) is 20.6. The van der Waals surface area contributed by atoms with E-state index in [2.05, 4.69) is 15.5 Å². The number of hydrogen-bond acceptors (Lipinski definition) is 7. The molecular weight excluding hydrogens is 510 g/mol. The fourth-order valence-corrected chi connectivity index (χ4v) is 4.40. The van der Waals surface area contributed by atoms with E-state index >= 15 is 8.78 Å². The summed E-state index contributed by atoms with van der Waals surface area (Å²) in [5.74, 6) is -5.42. The summed E-state index contributed by atoms with van der Waals surface area (Å²) in [6.45, 7) is 2.95. The maximum absolute atomic E-state index is 15.2. The highest BCUT2D eigenvalue weighted by Crippen LogP contribution is 2.37. The number of hydrogen-bond donors (Lipinski definition) is 2. The molecule has 0 radical (unpaired) electrons. The average molecular weight is 535 g/mol. The van der Waals surface area contributed by atoms with Gasteiger partial charge in [0.1, 0.15) is 23.0 Å². The highest BCUT2D eigenvalue weighted by Gasteiger charge is 2.44. The molecule has 4 rings (SSSR count). The van der Waals surface area contributed by atoms with Gasteiger partial charge in [-0.1, -0.05) is 12.1 Å². The molecule has 2 aromatic rings. The zero-order chi connectivity index (χ0) is 27.8. The number of carbonyl (C=O) groups is 1. The molecular formula is C25H25F4N5O4. The number of fused-ring (bicyclic) bond motifs is 1. The van der Waals surface area contributed by atoms with Crippen molar-refractivity contribution in [3.63, 3.8) is 0 Å². The lowest BCUT2D eigenvalue weighted by molar-refractivity contribution is 0.0938. The predicted octanol–water partition coefficient (Wildman–Crippen LogP) is 3.88. The van der Waals surface area contributed by atoms with Crippen LogP contribution in [-0.2, 0) is 0 Å². The van der Waals surface area contributed by atoms with Gasteiger partial charge in [-0.3, -0.25) is 9.59 Å². The molecule has 1 aliphatic carbocycles. The van der Waals surface area contributed by atoms with Crippen molar-refractivity contribution in [2.45, 2.75) is 32.7 Å². The van der Waals surface area contributed by atoms with Gasteiger partial charge in [0.15, 0.2) is 17.3 Å². The number of amides is 1. The van der Waals surface area contributed by atoms with Crippen molar-refractivity contribution in [2.75, 3.05) is 31.1 Å². The maximum Gasteiger partial charge on any atom is 0.256 e. The number of pyridine rings is 2. The summed E-state index contributed by atoms with van der Waals surface area (Å²) in [6, 6.07) is 0.513. The third-order valence-corrected chi connectivity index (χ3v) is 6.70. The van der Waals surface area contributed by atoms with Gasteiger partial charge in [-0.25, -0.2) is 22.5 Å². The van der Waals surface area contributed by atoms with E-state index in [0.29, 0.717) is 18.6 Å². The van der Waals surface area contributed by atoms with Crippen LogP contribution in [0.2, 0.25) is 0 Å². The second-order valence-electron chi connectivity index (χ2n) is 9.58. The molecule has 202 valence electrons. The van der Waals surface area contributed by atoms with E-state index in [1.54, 1.807) is 13.8 Å². The molecule has 0 unspecified atom stereocenters. The van der Waals surface area contributed by atoms with Crippen LogP contribution in [0, 0.1) is 16.1 Å². The number of nitroso groups, excluding NO2 is 1. The topological polar surface area (TPSA) is 117 Å². The van der Waals surface area contributed by atoms with Crippen molar-refractivity contribution in [1.29, 1.82) is 0 Å². The second kappa shape index (κ2) is 10.5. The molecule has 1 amide bonds. The number of aromatic nitrogens is 2. The predicted molar refractivity (Wildman–Crippen MR) is 133 cm³/mol. The Morgan fingerprint density at radius 3 is 2.61 bits per heavy atom. The second-order valence-corrected chi connectivity index (χ2v) is 9.58. The lowest BCUT2D eigenvalue weighted by Crippen LogP contribution is -2.60. The molecule has 13 heteroatoms. The molecule has 2 N–H and O–H groups in total. The molecule has 9 nitrogen and oxygen atoms in total. The summed E-state index contributed by atoms with van der Waals surface area (Å²) in [5.41, 5.74) is -3.01. The number of nitrogens with zero attached hydrogens (tertiary/aromatic N) is 4. The monoisotopic (exact) mass is 535 g/mol. The van der Waals surface area contributed by atoms with E-state index in [0.717, 1.165) is 16.8 Å². The van der Waals surface area contributed by atoms with Gasteiger partial charge in [-0.15, -0.1) is 0 Å². The third kappa shape index (κ3) is 4.97. The molecule has 2 aromatic heterocycles. The Balaban J connectivity index is 1.93. The fourth-order valence-electron chi connectivity index (χ4n) is 4.40. The van der Waals surface area contributed by atoms with Crippen molar-refractivity contribution in [3.8, 4) is 0 Å². The fraction of sp³-hybridized carbons (Fsp3) is 0.400. The average Bonchev–Trinajstić information content (AvgIpc) is 2.97. The van der Waals surface area contributed by atoms with Gasteiger partial charge >= 0.3 is 0 Å². The largest absolute Gasteiger partial charge is 0.396 e. The van der Waals surface area contributed by atoms with Gasteiger partial charge in [0, 0.05) is 43.9 Å². The molecule has 0 aromatic carbocycles. The van der Waals surface area contributed by atoms with Crippen LogP contribution >= 0.6 is 0 Å². The quantitative estimate of drug-likeness (QED) is 0.392. The minimum Gasteiger partial charge on any atom is -0.396 e. The zero-order valence-corrected chi connectivity index (χ0v) is 20.6. The minimum absolute atomic E-state index is 0.0205. The summed E-state index contributed by atoms with van der Waals surface area (Å²) in [4.78, 5) is 42.5. The van der Waals surface area contributed by atoms with Crippen LogP contribution in [0.25, 0.3) is 16.7 Å². The van der Waals surface area contributed by atoms with E-state index in [4.69, 9.17) is 0 Å². The first kappa shape index (κ1) is 27.2. The summed E-state index contributed by atoms with van der Waals surface area (Å²) in [6.07, 6.45) is 1.73. The number of halogens is 4. The van der Waals surface area contributed by atoms with E-state index < -0.39 is 57.7 Å². The SMILES string of the molecule is CC[C@@H](C)NC(=O)c1cn(C2=C(F)C=C(F)C=C(F)C2)c2nc(N3CC(CO)(CN=O)C3)c(F)cc2c1=O. The molecule has 0 spiro atoms. The van der Waals surface area contributed by atoms with Gasteiger partial charge < -0.3 is 19.9 Å². The van der Waals surface area contributed by atoms with Gasteiger partial charge in [0.2, 0.25) is 5.43 Å². The van der Waals surface area contributed by atoms with Gasteiger partial charge in [-0.05, 0) is 19.4 Å². The summed E-state index contributed by atoms with van der Waals surface area (Å²) in [5, 5.41) is 14.7. The molecule has 3 heterocycles. The highest BCUT2D eigenvalue weighted by molar-refractivity contribution is 5.98. The molecule has 1 saturated heterocycles. The smallest absolute Gasteiger partial charge is 0.256 e. The maximum atomic E-state index is 15.2. The standard InChI is InChI=1S/C25H25F4N5O4/c1-3-13(2)31-24(37)17-8-34(20-6-15(27)4-14(26)5-18(20)28)22-16(21(17)36)7-19(29)23(32-22)33-10-25(11-33,12-35)9-30-38/h4-5,7-8,13,35H,3,6,9-12H2,1-2H3,(H,31,37)/t13-/m1/s1. The first-order valence-corrected chi connectivity index (χ1v) is 11.9. The Kier molecular flexibility index (Phi) is 7.49. The number of aliphatic hydroxyl groups excluding tert-OH is 1. The number of carbonyl (C=O) groups excluding carboxylic acids is 1. The number of rotatable bonds is 8. The van der Waals surface area contributed by atoms with Crippen LogP contribution in [0.5, 0.6) is 0 Å². The Morgan fingerprint density at radius 1 is 1.26 bits per heavy atom. The van der Waals surface area contributed by atoms with E-state index in [-0.39, 0.29) is 49.1 Å². The van der Waals surface area contributed by atoms with Gasteiger partial charge in [-0.2, -0.15) is 4.91 Å². The Labute approximate surface area is 214 Å². The van der Waals surface area contributed by atoms with Crippen LogP contribution < -0.4 is 15.6 Å². The number of aliphatic hydroxyl groups is 1. The summed E-state index contributed by atoms with van der Waals surface area (Å²) < 4.78 is 59.5. The van der Waals surface area contributed by atoms with Crippen molar-refractivity contribution >= 4 is 28.5 Å². The van der Waals surface area contributed by atoms with Crippen LogP contribution in [0.15, 0.2) is 51.9 Å². The number of anilines is 1. The lowest BCUT2D eigenvalue weighted by atomic mass is 9.80. The van der Waals surface area contributed by atoms with Crippen LogP contribution in [0.1, 0.15) is 37.0 Å². The summed E-state index contributed by atoms with van der Waals surface area (Å²) in [7, 11) is 0. The number of allylic oxidation sites excluding steroid dienone is 6. The molecule has 38 heavy (non-hydrogen) atoms. The molecule has 1 fully saturated rings. The molecule has 0 saturated carbocycles. The van der Waals surface area contributed by atoms with Crippen LogP contribution in [0.4, 0.5) is 23.4 Å². The van der Waals surface area contributed by atoms with Crippen molar-refractivity contribution in [3.05, 3.63) is 68.4 Å². The van der Waals surface area contributed by atoms with Crippen LogP contribution in [0.3, 0.4) is 0 Å². The summed E-state index contributed by atoms with van der Waals surface area (Å²) >= 11 is 0. The Hall–Kier alpha value is -3.87. The highest BCUT2D eigenvalue weighted by atomic mass is 19.1. The molecule has 2 aliphatic rings. The lowest BCUT2D eigenvalue weighted by Gasteiger charge is -2.48. The van der Waals surface area contributed by atoms with Crippen molar-refractivity contribution < 1.29 is 27.5 Å². The van der Waals surface area contributed by atoms with Crippen molar-refractivity contribution in [2.24, 2.45) is 10.6 Å². The Bertz CT molecular complexity index is 1460. The Morgan fingerprint density at radius 2 is 1.97 bits per heavy atom.